The third kappa shape index (κ3) is 3.15. The summed E-state index contributed by atoms with van der Waals surface area (Å²) in [6.45, 7) is 2.37. The summed E-state index contributed by atoms with van der Waals surface area (Å²) < 4.78 is 26.7. The Bertz CT molecular complexity index is 493. The van der Waals surface area contributed by atoms with Gasteiger partial charge < -0.3 is 10.6 Å². The van der Waals surface area contributed by atoms with E-state index in [9.17, 15) is 13.6 Å². The van der Waals surface area contributed by atoms with E-state index in [2.05, 4.69) is 10.2 Å². The number of nitrogens with zero attached hydrogens (tertiary/aromatic N) is 3. The number of amides is 1. The van der Waals surface area contributed by atoms with Gasteiger partial charge in [0.05, 0.1) is 11.4 Å². The number of aromatic nitrogens is 2. The van der Waals surface area contributed by atoms with Gasteiger partial charge in [0.15, 0.2) is 5.69 Å². The monoisotopic (exact) mass is 270 g/mol. The molecule has 19 heavy (non-hydrogen) atoms. The highest BCUT2D eigenvalue weighted by atomic mass is 19.3. The van der Waals surface area contributed by atoms with Crippen molar-refractivity contribution in [3.05, 3.63) is 17.5 Å². The van der Waals surface area contributed by atoms with E-state index in [1.165, 1.54) is 0 Å². The smallest absolute Gasteiger partial charge is 0.271 e. The van der Waals surface area contributed by atoms with Crippen LogP contribution in [-0.4, -0.2) is 35.1 Å². The Kier molecular flexibility index (Phi) is 3.64. The Morgan fingerprint density at radius 2 is 2.11 bits per heavy atom. The summed E-state index contributed by atoms with van der Waals surface area (Å²) >= 11 is 0. The molecule has 0 aromatic carbocycles. The van der Waals surface area contributed by atoms with Crippen LogP contribution >= 0.6 is 0 Å². The fraction of sp³-hybridized carbons (Fsp3) is 0.583. The fourth-order valence-corrected chi connectivity index (χ4v) is 2.20. The topological polar surface area (TPSA) is 72.1 Å². The summed E-state index contributed by atoms with van der Waals surface area (Å²) in [6, 6.07) is 1.66. The maximum absolute atomic E-state index is 13.3. The molecule has 1 aliphatic rings. The molecule has 1 amide bonds. The van der Waals surface area contributed by atoms with Crippen molar-refractivity contribution in [1.82, 2.24) is 10.2 Å². The molecule has 0 bridgehead atoms. The van der Waals surface area contributed by atoms with Crippen molar-refractivity contribution >= 4 is 11.6 Å². The number of hydrogen-bond acceptors (Lipinski definition) is 4. The van der Waals surface area contributed by atoms with Gasteiger partial charge >= 0.3 is 0 Å². The number of aryl methyl sites for hydroxylation is 1. The Labute approximate surface area is 109 Å². The number of halogens is 2. The van der Waals surface area contributed by atoms with Gasteiger partial charge in [-0.3, -0.25) is 4.79 Å². The summed E-state index contributed by atoms with van der Waals surface area (Å²) in [4.78, 5) is 13.1. The van der Waals surface area contributed by atoms with Crippen molar-refractivity contribution in [3.63, 3.8) is 0 Å². The SMILES string of the molecule is Cc1cc(N2CCCC(F)(F)CC2)c(C(N)=O)nn1. The summed E-state index contributed by atoms with van der Waals surface area (Å²) in [7, 11) is 0. The van der Waals surface area contributed by atoms with E-state index >= 15 is 0 Å². The highest BCUT2D eigenvalue weighted by Crippen LogP contribution is 2.30. The predicted octanol–water partition coefficient (Wildman–Crippen LogP) is 1.51. The lowest BCUT2D eigenvalue weighted by Crippen LogP contribution is -2.29. The Hall–Kier alpha value is -1.79. The maximum Gasteiger partial charge on any atom is 0.271 e. The highest BCUT2D eigenvalue weighted by molar-refractivity contribution is 5.96. The van der Waals surface area contributed by atoms with Crippen LogP contribution < -0.4 is 10.6 Å². The molecule has 5 nitrogen and oxygen atoms in total. The van der Waals surface area contributed by atoms with Crippen LogP contribution in [0.1, 0.15) is 35.4 Å². The van der Waals surface area contributed by atoms with Crippen molar-refractivity contribution < 1.29 is 13.6 Å². The van der Waals surface area contributed by atoms with E-state index in [4.69, 9.17) is 5.73 Å². The van der Waals surface area contributed by atoms with Crippen molar-refractivity contribution in [2.24, 2.45) is 5.73 Å². The number of carbonyl (C=O) groups excluding carboxylic acids is 1. The molecule has 2 rings (SSSR count). The molecular formula is C12H16F2N4O. The molecule has 1 fully saturated rings. The molecule has 0 spiro atoms. The third-order valence-electron chi connectivity index (χ3n) is 3.19. The molecule has 0 saturated carbocycles. The van der Waals surface area contributed by atoms with Crippen LogP contribution in [0.3, 0.4) is 0 Å². The largest absolute Gasteiger partial charge is 0.369 e. The molecule has 0 radical (unpaired) electrons. The molecule has 2 N–H and O–H groups in total. The standard InChI is InChI=1S/C12H16F2N4O/c1-8-7-9(10(11(15)19)17-16-8)18-5-2-3-12(13,14)4-6-18/h7H,2-6H2,1H3,(H2,15,19). The van der Waals surface area contributed by atoms with Crippen LogP contribution in [0.4, 0.5) is 14.5 Å². The number of alkyl halides is 2. The highest BCUT2D eigenvalue weighted by Gasteiger charge is 2.32. The zero-order valence-electron chi connectivity index (χ0n) is 10.7. The van der Waals surface area contributed by atoms with Gasteiger partial charge in [0.1, 0.15) is 0 Å². The lowest BCUT2D eigenvalue weighted by molar-refractivity contribution is -0.0102. The van der Waals surface area contributed by atoms with E-state index in [0.29, 0.717) is 24.3 Å². The molecule has 0 aliphatic carbocycles. The Balaban J connectivity index is 2.30. The van der Waals surface area contributed by atoms with Gasteiger partial charge in [-0.25, -0.2) is 8.78 Å². The van der Waals surface area contributed by atoms with E-state index < -0.39 is 11.8 Å². The van der Waals surface area contributed by atoms with E-state index in [1.807, 2.05) is 0 Å². The number of hydrogen-bond donors (Lipinski definition) is 1. The zero-order valence-corrected chi connectivity index (χ0v) is 10.7. The lowest BCUT2D eigenvalue weighted by Gasteiger charge is -2.24. The van der Waals surface area contributed by atoms with E-state index in [0.717, 1.165) is 0 Å². The minimum atomic E-state index is -2.64. The molecule has 0 atom stereocenters. The van der Waals surface area contributed by atoms with E-state index in [-0.39, 0.29) is 25.1 Å². The van der Waals surface area contributed by atoms with Crippen molar-refractivity contribution in [1.29, 1.82) is 0 Å². The minimum Gasteiger partial charge on any atom is -0.369 e. The average molecular weight is 270 g/mol. The summed E-state index contributed by atoms with van der Waals surface area (Å²) in [5.74, 6) is -3.34. The Morgan fingerprint density at radius 3 is 2.79 bits per heavy atom. The molecular weight excluding hydrogens is 254 g/mol. The van der Waals surface area contributed by atoms with Gasteiger partial charge in [-0.1, -0.05) is 0 Å². The van der Waals surface area contributed by atoms with Crippen molar-refractivity contribution in [2.45, 2.75) is 32.1 Å². The molecule has 2 heterocycles. The van der Waals surface area contributed by atoms with Crippen LogP contribution in [0.15, 0.2) is 6.07 Å². The first-order chi connectivity index (χ1) is 8.89. The first-order valence-corrected chi connectivity index (χ1v) is 6.16. The summed E-state index contributed by atoms with van der Waals surface area (Å²) in [5, 5.41) is 7.55. The predicted molar refractivity (Wildman–Crippen MR) is 66.3 cm³/mol. The summed E-state index contributed by atoms with van der Waals surface area (Å²) in [6.07, 6.45) is 0.00600. The fourth-order valence-electron chi connectivity index (χ4n) is 2.20. The zero-order chi connectivity index (χ0) is 14.0. The maximum atomic E-state index is 13.3. The van der Waals surface area contributed by atoms with Crippen LogP contribution in [0.2, 0.25) is 0 Å². The third-order valence-corrected chi connectivity index (χ3v) is 3.19. The minimum absolute atomic E-state index is 0.0378. The van der Waals surface area contributed by atoms with Crippen LogP contribution in [-0.2, 0) is 0 Å². The molecule has 1 aromatic heterocycles. The van der Waals surface area contributed by atoms with Crippen LogP contribution in [0.5, 0.6) is 0 Å². The molecule has 1 saturated heterocycles. The lowest BCUT2D eigenvalue weighted by atomic mass is 10.1. The second-order valence-electron chi connectivity index (χ2n) is 4.78. The second kappa shape index (κ2) is 5.07. The van der Waals surface area contributed by atoms with Gasteiger partial charge in [-0.05, 0) is 19.4 Å². The van der Waals surface area contributed by atoms with Crippen molar-refractivity contribution in [2.75, 3.05) is 18.0 Å². The number of nitrogens with two attached hydrogens (primary N) is 1. The van der Waals surface area contributed by atoms with Crippen molar-refractivity contribution in [3.8, 4) is 0 Å². The number of primary amides is 1. The first kappa shape index (κ1) is 13.6. The molecule has 1 aromatic rings. The van der Waals surface area contributed by atoms with Gasteiger partial charge in [0, 0.05) is 25.9 Å². The van der Waals surface area contributed by atoms with Gasteiger partial charge in [-0.2, -0.15) is 5.10 Å². The number of rotatable bonds is 2. The van der Waals surface area contributed by atoms with Gasteiger partial charge in [0.2, 0.25) is 5.92 Å². The van der Waals surface area contributed by atoms with E-state index in [1.54, 1.807) is 17.9 Å². The summed E-state index contributed by atoms with van der Waals surface area (Å²) in [5.41, 5.74) is 6.40. The first-order valence-electron chi connectivity index (χ1n) is 6.16. The molecule has 0 unspecified atom stereocenters. The normalized spacial score (nSPS) is 19.0. The van der Waals surface area contributed by atoms with Crippen LogP contribution in [0.25, 0.3) is 0 Å². The van der Waals surface area contributed by atoms with Crippen LogP contribution in [0, 0.1) is 6.92 Å². The van der Waals surface area contributed by atoms with Gasteiger partial charge in [0.25, 0.3) is 5.91 Å². The Morgan fingerprint density at radius 1 is 1.37 bits per heavy atom. The molecule has 104 valence electrons. The molecule has 7 heteroatoms. The molecule has 1 aliphatic heterocycles. The number of anilines is 1. The van der Waals surface area contributed by atoms with Gasteiger partial charge in [-0.15, -0.1) is 5.10 Å². The second-order valence-corrected chi connectivity index (χ2v) is 4.78. The number of carbonyl (C=O) groups is 1. The quantitative estimate of drug-likeness (QED) is 0.884. The average Bonchev–Trinajstić information content (AvgIpc) is 2.49.